The predicted molar refractivity (Wildman–Crippen MR) is 145 cm³/mol. The summed E-state index contributed by atoms with van der Waals surface area (Å²) >= 11 is 0. The van der Waals surface area contributed by atoms with Crippen LogP contribution in [0.3, 0.4) is 0 Å². The molecule has 1 saturated carbocycles. The van der Waals surface area contributed by atoms with Gasteiger partial charge in [-0.15, -0.1) is 0 Å². The molecule has 1 unspecified atom stereocenters. The van der Waals surface area contributed by atoms with Gasteiger partial charge in [0, 0.05) is 23.7 Å². The summed E-state index contributed by atoms with van der Waals surface area (Å²) in [6, 6.07) is 19.9. The van der Waals surface area contributed by atoms with E-state index in [1.807, 2.05) is 30.3 Å². The fourth-order valence-corrected chi connectivity index (χ4v) is 7.20. The molecule has 2 amide bonds. The van der Waals surface area contributed by atoms with Gasteiger partial charge in [0.25, 0.3) is 0 Å². The number of nitrogens with one attached hydrogen (secondary N) is 1. The minimum absolute atomic E-state index is 0.0406. The van der Waals surface area contributed by atoms with Crippen LogP contribution in [0, 0.1) is 23.2 Å². The van der Waals surface area contributed by atoms with Crippen LogP contribution in [0.5, 0.6) is 5.75 Å². The van der Waals surface area contributed by atoms with Crippen molar-refractivity contribution in [3.8, 4) is 5.75 Å². The third-order valence-corrected chi connectivity index (χ3v) is 9.15. The van der Waals surface area contributed by atoms with Gasteiger partial charge in [-0.2, -0.15) is 0 Å². The molecule has 1 N–H and O–H groups in total. The van der Waals surface area contributed by atoms with Crippen molar-refractivity contribution in [3.63, 3.8) is 0 Å². The van der Waals surface area contributed by atoms with Gasteiger partial charge in [-0.3, -0.25) is 9.59 Å². The lowest BCUT2D eigenvalue weighted by atomic mass is 9.57. The topological polar surface area (TPSA) is 62.4 Å². The summed E-state index contributed by atoms with van der Waals surface area (Å²) < 4.78 is 5.30. The number of methoxy groups -OCH3 is 1. The molecular weight excluding hydrogens is 460 g/mol. The Morgan fingerprint density at radius 2 is 1.70 bits per heavy atom. The number of fused-ring (bicyclic) bond motifs is 6. The molecule has 6 rings (SSSR count). The van der Waals surface area contributed by atoms with Crippen molar-refractivity contribution in [1.82, 2.24) is 4.98 Å². The van der Waals surface area contributed by atoms with Crippen molar-refractivity contribution in [2.75, 3.05) is 12.0 Å². The van der Waals surface area contributed by atoms with Gasteiger partial charge in [0.15, 0.2) is 0 Å². The summed E-state index contributed by atoms with van der Waals surface area (Å²) in [6.07, 6.45) is 3.98. The molecule has 2 fully saturated rings. The van der Waals surface area contributed by atoms with E-state index in [0.29, 0.717) is 17.4 Å². The second kappa shape index (κ2) is 8.90. The van der Waals surface area contributed by atoms with E-state index in [2.05, 4.69) is 56.1 Å². The highest BCUT2D eigenvalue weighted by atomic mass is 16.5. The first-order chi connectivity index (χ1) is 17.8. The fraction of sp³-hybridized carbons (Fsp3) is 0.438. The quantitative estimate of drug-likeness (QED) is 0.423. The molecule has 5 nitrogen and oxygen atoms in total. The number of nitrogens with zero attached hydrogens (tertiary/aromatic N) is 1. The van der Waals surface area contributed by atoms with Gasteiger partial charge in [0.05, 0.1) is 24.6 Å². The number of amides is 2. The average molecular weight is 497 g/mol. The van der Waals surface area contributed by atoms with Crippen LogP contribution in [0.2, 0.25) is 0 Å². The van der Waals surface area contributed by atoms with Crippen molar-refractivity contribution >= 4 is 17.5 Å². The fourth-order valence-electron chi connectivity index (χ4n) is 7.20. The Balaban J connectivity index is 1.42. The van der Waals surface area contributed by atoms with Crippen LogP contribution in [0.4, 0.5) is 5.69 Å². The van der Waals surface area contributed by atoms with Gasteiger partial charge in [-0.25, -0.2) is 4.90 Å². The maximum atomic E-state index is 14.1. The lowest BCUT2D eigenvalue weighted by Gasteiger charge is -2.46. The lowest BCUT2D eigenvalue weighted by Crippen LogP contribution is -2.41. The molecule has 1 aromatic heterocycles. The molecule has 3 aromatic rings. The maximum Gasteiger partial charge on any atom is 0.242 e. The van der Waals surface area contributed by atoms with E-state index in [-0.39, 0.29) is 35.0 Å². The van der Waals surface area contributed by atoms with Gasteiger partial charge in [0.2, 0.25) is 11.8 Å². The molecule has 2 heterocycles. The Labute approximate surface area is 219 Å². The summed E-state index contributed by atoms with van der Waals surface area (Å²) in [6.45, 7) is 6.92. The largest absolute Gasteiger partial charge is 0.497 e. The molecule has 37 heavy (non-hydrogen) atoms. The average Bonchev–Trinajstić information content (AvgIpc) is 3.42. The monoisotopic (exact) mass is 496 g/mol. The number of ether oxygens (including phenoxy) is 1. The van der Waals surface area contributed by atoms with Crippen LogP contribution in [0.25, 0.3) is 0 Å². The Bertz CT molecular complexity index is 1320. The lowest BCUT2D eigenvalue weighted by molar-refractivity contribution is -0.123. The van der Waals surface area contributed by atoms with Gasteiger partial charge >= 0.3 is 0 Å². The summed E-state index contributed by atoms with van der Waals surface area (Å²) in [5.74, 6) is 0.823. The molecule has 1 saturated heterocycles. The standard InChI is InChI=1S/C32H36N2O3/c1-32(2,3)20-10-15-24-25(17-20)27-28(26-18-21(33-29(24)26)16-19-8-6-5-7-9-19)31(36)34(30(27)35)22-11-13-23(37-4)14-12-22/h5-9,11-14,18,20,24-25,27-28,33H,10,15-17H2,1-4H3/t20?,24-,25+,27+,28-/m1/s1. The number of carbonyl (C=O) groups excluding carboxylic acids is 2. The summed E-state index contributed by atoms with van der Waals surface area (Å²) in [5.41, 5.74) is 5.40. The second-order valence-corrected chi connectivity index (χ2v) is 12.2. The van der Waals surface area contributed by atoms with E-state index in [4.69, 9.17) is 4.74 Å². The summed E-state index contributed by atoms with van der Waals surface area (Å²) in [5, 5.41) is 0. The molecule has 0 radical (unpaired) electrons. The van der Waals surface area contributed by atoms with Crippen molar-refractivity contribution in [3.05, 3.63) is 83.2 Å². The van der Waals surface area contributed by atoms with E-state index in [1.165, 1.54) is 16.2 Å². The van der Waals surface area contributed by atoms with Crippen molar-refractivity contribution in [1.29, 1.82) is 0 Å². The van der Waals surface area contributed by atoms with Crippen LogP contribution in [0.15, 0.2) is 60.7 Å². The number of aromatic amines is 1. The minimum atomic E-state index is -0.426. The van der Waals surface area contributed by atoms with Gasteiger partial charge in [-0.1, -0.05) is 51.1 Å². The number of H-pyrrole nitrogens is 1. The van der Waals surface area contributed by atoms with Crippen molar-refractivity contribution < 1.29 is 14.3 Å². The number of hydrogen-bond acceptors (Lipinski definition) is 3. The molecule has 3 aliphatic rings. The molecule has 192 valence electrons. The number of hydrogen-bond donors (Lipinski definition) is 1. The first kappa shape index (κ1) is 24.0. The third kappa shape index (κ3) is 4.00. The first-order valence-corrected chi connectivity index (χ1v) is 13.5. The van der Waals surface area contributed by atoms with E-state index in [1.54, 1.807) is 7.11 Å². The highest BCUT2D eigenvalue weighted by molar-refractivity contribution is 6.24. The SMILES string of the molecule is COc1ccc(N2C(=O)[C@H]3[C@H]4CC(C(C)(C)C)CC[C@H]4c4[nH]c(Cc5ccccc5)cc4[C@H]3C2=O)cc1. The summed E-state index contributed by atoms with van der Waals surface area (Å²) in [7, 11) is 1.62. The van der Waals surface area contributed by atoms with E-state index in [9.17, 15) is 9.59 Å². The zero-order chi connectivity index (χ0) is 25.9. The molecule has 5 atom stereocenters. The van der Waals surface area contributed by atoms with E-state index < -0.39 is 5.92 Å². The van der Waals surface area contributed by atoms with Crippen LogP contribution >= 0.6 is 0 Å². The Hall–Kier alpha value is -3.34. The molecule has 2 aromatic carbocycles. The van der Waals surface area contributed by atoms with Gasteiger partial charge in [-0.05, 0) is 78.0 Å². The van der Waals surface area contributed by atoms with Crippen LogP contribution < -0.4 is 9.64 Å². The Morgan fingerprint density at radius 1 is 0.973 bits per heavy atom. The number of rotatable bonds is 4. The number of carbonyl (C=O) groups is 2. The highest BCUT2D eigenvalue weighted by Crippen LogP contribution is 2.58. The van der Waals surface area contributed by atoms with Crippen LogP contribution in [-0.4, -0.2) is 23.9 Å². The summed E-state index contributed by atoms with van der Waals surface area (Å²) in [4.78, 5) is 33.3. The molecule has 0 bridgehead atoms. The maximum absolute atomic E-state index is 14.1. The van der Waals surface area contributed by atoms with Gasteiger partial charge < -0.3 is 9.72 Å². The zero-order valence-electron chi connectivity index (χ0n) is 22.2. The van der Waals surface area contributed by atoms with Crippen molar-refractivity contribution in [2.24, 2.45) is 23.2 Å². The highest BCUT2D eigenvalue weighted by Gasteiger charge is 2.59. The van der Waals surface area contributed by atoms with Gasteiger partial charge in [0.1, 0.15) is 5.75 Å². The molecule has 5 heteroatoms. The second-order valence-electron chi connectivity index (χ2n) is 12.2. The Kier molecular flexibility index (Phi) is 5.78. The molecule has 1 aliphatic heterocycles. The zero-order valence-corrected chi connectivity index (χ0v) is 22.2. The molecule has 0 spiro atoms. The number of benzene rings is 2. The number of aromatic nitrogens is 1. The first-order valence-electron chi connectivity index (χ1n) is 13.5. The smallest absolute Gasteiger partial charge is 0.242 e. The van der Waals surface area contributed by atoms with E-state index in [0.717, 1.165) is 36.9 Å². The Morgan fingerprint density at radius 3 is 2.38 bits per heavy atom. The predicted octanol–water partition coefficient (Wildman–Crippen LogP) is 6.45. The third-order valence-electron chi connectivity index (χ3n) is 9.15. The molecule has 2 aliphatic carbocycles. The minimum Gasteiger partial charge on any atom is -0.497 e. The molecular formula is C32H36N2O3. The number of imide groups is 1. The van der Waals surface area contributed by atoms with Crippen LogP contribution in [0.1, 0.15) is 74.4 Å². The van der Waals surface area contributed by atoms with Crippen molar-refractivity contribution in [2.45, 2.75) is 58.3 Å². The van der Waals surface area contributed by atoms with Crippen LogP contribution in [-0.2, 0) is 16.0 Å². The number of anilines is 1. The normalized spacial score (nSPS) is 27.0. The van der Waals surface area contributed by atoms with E-state index >= 15 is 0 Å².